The molecule has 17 heavy (non-hydrogen) atoms. The van der Waals surface area contributed by atoms with Gasteiger partial charge in [-0.3, -0.25) is 0 Å². The highest BCUT2D eigenvalue weighted by molar-refractivity contribution is 5.68. The van der Waals surface area contributed by atoms with Gasteiger partial charge in [0.15, 0.2) is 0 Å². The number of carboxylic acid groups (broad SMARTS) is 2. The van der Waals surface area contributed by atoms with Crippen LogP contribution in [0.1, 0.15) is 51.4 Å². The highest BCUT2D eigenvalue weighted by Gasteiger charge is 2.09. The fourth-order valence-electron chi connectivity index (χ4n) is 1.82. The zero-order chi connectivity index (χ0) is 13.1. The van der Waals surface area contributed by atoms with Gasteiger partial charge in [0.2, 0.25) is 0 Å². The quantitative estimate of drug-likeness (QED) is 0.387. The van der Waals surface area contributed by atoms with Crippen molar-refractivity contribution in [3.05, 3.63) is 12.7 Å². The lowest BCUT2D eigenvalue weighted by Gasteiger charge is -2.17. The van der Waals surface area contributed by atoms with Gasteiger partial charge in [-0.1, -0.05) is 25.3 Å². The molecule has 0 aromatic rings. The molecule has 0 aromatic carbocycles. The number of carboxylic acids is 2. The number of hydrogen-bond acceptors (Lipinski definition) is 4. The third kappa shape index (κ3) is 11.0. The third-order valence-corrected chi connectivity index (χ3v) is 2.68. The molecule has 0 rings (SSSR count). The molecule has 0 saturated heterocycles. The number of unbranched alkanes of at least 4 members (excludes halogenated alkanes) is 4. The predicted molar refractivity (Wildman–Crippen MR) is 60.6 cm³/mol. The maximum absolute atomic E-state index is 10.4. The molecule has 0 aliphatic rings. The summed E-state index contributed by atoms with van der Waals surface area (Å²) in [5, 5.41) is 20.9. The van der Waals surface area contributed by atoms with Crippen LogP contribution in [-0.4, -0.2) is 11.9 Å². The Labute approximate surface area is 102 Å². The first-order chi connectivity index (χ1) is 8.06. The molecule has 0 aromatic heterocycles. The second kappa shape index (κ2) is 9.87. The van der Waals surface area contributed by atoms with Gasteiger partial charge in [0, 0.05) is 11.9 Å². The molecule has 0 radical (unpaired) electrons. The van der Waals surface area contributed by atoms with Gasteiger partial charge in [-0.05, 0) is 38.0 Å². The first-order valence-electron chi connectivity index (χ1n) is 6.06. The maximum atomic E-state index is 10.4. The molecule has 0 amide bonds. The Balaban J connectivity index is 3.71. The molecule has 0 unspecified atom stereocenters. The first-order valence-corrected chi connectivity index (χ1v) is 6.06. The van der Waals surface area contributed by atoms with Gasteiger partial charge in [-0.2, -0.15) is 0 Å². The minimum absolute atomic E-state index is 0.194. The molecule has 0 N–H and O–H groups in total. The van der Waals surface area contributed by atoms with Crippen molar-refractivity contribution < 1.29 is 19.8 Å². The van der Waals surface area contributed by atoms with E-state index in [2.05, 4.69) is 6.58 Å². The van der Waals surface area contributed by atoms with Crippen LogP contribution in [0.15, 0.2) is 12.7 Å². The van der Waals surface area contributed by atoms with Gasteiger partial charge in [-0.15, -0.1) is 6.58 Å². The summed E-state index contributed by atoms with van der Waals surface area (Å²) in [6.45, 7) is 3.63. The lowest BCUT2D eigenvalue weighted by molar-refractivity contribution is -0.309. The lowest BCUT2D eigenvalue weighted by Crippen LogP contribution is -2.30. The number of allylic oxidation sites excluding steroid dienone is 1. The van der Waals surface area contributed by atoms with Crippen LogP contribution in [0.3, 0.4) is 0 Å². The van der Waals surface area contributed by atoms with E-state index >= 15 is 0 Å². The van der Waals surface area contributed by atoms with E-state index < -0.39 is 11.9 Å². The minimum atomic E-state index is -1.19. The molecule has 4 heteroatoms. The van der Waals surface area contributed by atoms with Crippen LogP contribution < -0.4 is 10.2 Å². The van der Waals surface area contributed by atoms with Gasteiger partial charge in [0.05, 0.1) is 0 Å². The normalized spacial score (nSPS) is 10.4. The minimum Gasteiger partial charge on any atom is -0.550 e. The second-order valence-electron chi connectivity index (χ2n) is 4.30. The number of hydrogen-bond donors (Lipinski definition) is 0. The number of rotatable bonds is 11. The van der Waals surface area contributed by atoms with Crippen LogP contribution in [0.4, 0.5) is 0 Å². The van der Waals surface area contributed by atoms with E-state index in [9.17, 15) is 19.8 Å². The third-order valence-electron chi connectivity index (χ3n) is 2.68. The van der Waals surface area contributed by atoms with Crippen LogP contribution in [0.2, 0.25) is 0 Å². The topological polar surface area (TPSA) is 80.3 Å². The highest BCUT2D eigenvalue weighted by Crippen LogP contribution is 2.17. The Bertz CT molecular complexity index is 232. The molecule has 4 nitrogen and oxygen atoms in total. The lowest BCUT2D eigenvalue weighted by atomic mass is 9.94. The number of carbonyl (C=O) groups is 2. The highest BCUT2D eigenvalue weighted by atomic mass is 16.4. The average Bonchev–Trinajstić information content (AvgIpc) is 2.21. The Morgan fingerprint density at radius 3 is 2.00 bits per heavy atom. The van der Waals surface area contributed by atoms with Gasteiger partial charge < -0.3 is 19.8 Å². The van der Waals surface area contributed by atoms with E-state index in [0.717, 1.165) is 32.1 Å². The van der Waals surface area contributed by atoms with Crippen molar-refractivity contribution in [2.24, 2.45) is 5.92 Å². The van der Waals surface area contributed by atoms with Crippen LogP contribution in [-0.2, 0) is 9.59 Å². The predicted octanol–water partition coefficient (Wildman–Crippen LogP) is 0.409. The Kier molecular flexibility index (Phi) is 9.11. The van der Waals surface area contributed by atoms with E-state index in [1.54, 1.807) is 0 Å². The zero-order valence-electron chi connectivity index (χ0n) is 10.2. The van der Waals surface area contributed by atoms with Crippen molar-refractivity contribution in [2.45, 2.75) is 51.4 Å². The van der Waals surface area contributed by atoms with Crippen molar-refractivity contribution in [3.63, 3.8) is 0 Å². The molecule has 0 atom stereocenters. The monoisotopic (exact) mass is 240 g/mol. The van der Waals surface area contributed by atoms with Crippen molar-refractivity contribution >= 4 is 11.9 Å². The summed E-state index contributed by atoms with van der Waals surface area (Å²) in [7, 11) is 0. The summed E-state index contributed by atoms with van der Waals surface area (Å²) >= 11 is 0. The average molecular weight is 240 g/mol. The smallest absolute Gasteiger partial charge is 0.0417 e. The van der Waals surface area contributed by atoms with Gasteiger partial charge in [0.1, 0.15) is 0 Å². The van der Waals surface area contributed by atoms with Crippen LogP contribution in [0, 0.1) is 5.92 Å². The molecule has 0 fully saturated rings. The SMILES string of the molecule is C=CCCCCCCC(CC(=O)[O-])CC(=O)[O-]. The molecule has 0 aliphatic carbocycles. The van der Waals surface area contributed by atoms with Crippen molar-refractivity contribution in [1.82, 2.24) is 0 Å². The van der Waals surface area contributed by atoms with E-state index in [1.807, 2.05) is 6.08 Å². The second-order valence-corrected chi connectivity index (χ2v) is 4.30. The van der Waals surface area contributed by atoms with Crippen LogP contribution >= 0.6 is 0 Å². The fourth-order valence-corrected chi connectivity index (χ4v) is 1.82. The molecule has 0 bridgehead atoms. The van der Waals surface area contributed by atoms with E-state index in [0.29, 0.717) is 6.42 Å². The summed E-state index contributed by atoms with van der Waals surface area (Å²) in [6.07, 6.45) is 7.06. The Morgan fingerprint density at radius 1 is 1.00 bits per heavy atom. The summed E-state index contributed by atoms with van der Waals surface area (Å²) in [5.41, 5.74) is 0. The van der Waals surface area contributed by atoms with Crippen molar-refractivity contribution in [1.29, 1.82) is 0 Å². The van der Waals surface area contributed by atoms with Crippen LogP contribution in [0.5, 0.6) is 0 Å². The molecule has 98 valence electrons. The fraction of sp³-hybridized carbons (Fsp3) is 0.692. The number of aliphatic carboxylic acids is 2. The van der Waals surface area contributed by atoms with Crippen molar-refractivity contribution in [3.8, 4) is 0 Å². The van der Waals surface area contributed by atoms with Crippen molar-refractivity contribution in [2.75, 3.05) is 0 Å². The van der Waals surface area contributed by atoms with Gasteiger partial charge in [-0.25, -0.2) is 0 Å². The van der Waals surface area contributed by atoms with E-state index in [4.69, 9.17) is 0 Å². The summed E-state index contributed by atoms with van der Waals surface area (Å²) < 4.78 is 0. The Hall–Kier alpha value is -1.32. The molecule has 0 spiro atoms. The summed E-state index contributed by atoms with van der Waals surface area (Å²) in [6, 6.07) is 0. The largest absolute Gasteiger partial charge is 0.550 e. The first kappa shape index (κ1) is 15.7. The summed E-state index contributed by atoms with van der Waals surface area (Å²) in [4.78, 5) is 20.9. The molecule has 0 heterocycles. The van der Waals surface area contributed by atoms with Gasteiger partial charge >= 0.3 is 0 Å². The Morgan fingerprint density at radius 2 is 1.53 bits per heavy atom. The maximum Gasteiger partial charge on any atom is 0.0417 e. The number of carbonyl (C=O) groups excluding carboxylic acids is 2. The standard InChI is InChI=1S/C13H22O4/c1-2-3-4-5-6-7-8-11(9-12(14)15)10-13(16)17/h2,11H,1,3-10H2,(H,14,15)(H,16,17)/p-2. The molecular formula is C13H20O4-2. The van der Waals surface area contributed by atoms with E-state index in [1.165, 1.54) is 0 Å². The zero-order valence-corrected chi connectivity index (χ0v) is 10.2. The van der Waals surface area contributed by atoms with Gasteiger partial charge in [0.25, 0.3) is 0 Å². The summed E-state index contributed by atoms with van der Waals surface area (Å²) in [5.74, 6) is -2.74. The molecule has 0 saturated carbocycles. The van der Waals surface area contributed by atoms with E-state index in [-0.39, 0.29) is 18.8 Å². The molecular weight excluding hydrogens is 220 g/mol. The molecule has 0 aliphatic heterocycles. The van der Waals surface area contributed by atoms with Crippen LogP contribution in [0.25, 0.3) is 0 Å².